The van der Waals surface area contributed by atoms with E-state index in [1.54, 1.807) is 6.07 Å². The third-order valence-electron chi connectivity index (χ3n) is 4.11. The Bertz CT molecular complexity index is 949. The van der Waals surface area contributed by atoms with Crippen molar-refractivity contribution in [2.45, 2.75) is 38.0 Å². The molecule has 0 radical (unpaired) electrons. The number of hydrogen-bond acceptors (Lipinski definition) is 5. The molecule has 0 bridgehead atoms. The molecule has 0 atom stereocenters. The molecule has 3 rings (SSSR count). The van der Waals surface area contributed by atoms with Gasteiger partial charge in [0.2, 0.25) is 11.8 Å². The number of rotatable bonds is 6. The van der Waals surface area contributed by atoms with Gasteiger partial charge in [0, 0.05) is 17.1 Å². The smallest absolute Gasteiger partial charge is 0.277 e. The Morgan fingerprint density at radius 3 is 2.57 bits per heavy atom. The van der Waals surface area contributed by atoms with Crippen LogP contribution in [0.1, 0.15) is 31.9 Å². The van der Waals surface area contributed by atoms with Gasteiger partial charge in [0.25, 0.3) is 5.22 Å². The van der Waals surface area contributed by atoms with Crippen LogP contribution in [0.2, 0.25) is 5.02 Å². The van der Waals surface area contributed by atoms with E-state index in [-0.39, 0.29) is 17.1 Å². The number of benzene rings is 2. The monoisotopic (exact) mass is 415 g/mol. The summed E-state index contributed by atoms with van der Waals surface area (Å²) >= 11 is 7.15. The summed E-state index contributed by atoms with van der Waals surface area (Å²) in [7, 11) is 0. The number of nitrogens with one attached hydrogen (secondary N) is 1. The standard InChI is InChI=1S/C21H22ClN3O2S/c1-21(2,3)16-9-7-15(8-10-16)19-24-25-20(27-19)28-13-18(26)23-12-14-5-4-6-17(22)11-14/h4-11H,12-13H2,1-3H3,(H,23,26). The molecular formula is C21H22ClN3O2S. The minimum atomic E-state index is -0.112. The zero-order valence-electron chi connectivity index (χ0n) is 16.0. The molecule has 0 aliphatic rings. The molecular weight excluding hydrogens is 394 g/mol. The summed E-state index contributed by atoms with van der Waals surface area (Å²) < 4.78 is 5.67. The summed E-state index contributed by atoms with van der Waals surface area (Å²) in [5.41, 5.74) is 3.14. The van der Waals surface area contributed by atoms with Crippen molar-refractivity contribution in [3.8, 4) is 11.5 Å². The van der Waals surface area contributed by atoms with E-state index in [1.165, 1.54) is 17.3 Å². The van der Waals surface area contributed by atoms with Crippen LogP contribution < -0.4 is 5.32 Å². The van der Waals surface area contributed by atoms with Crippen LogP contribution in [-0.2, 0) is 16.8 Å². The minimum Gasteiger partial charge on any atom is -0.411 e. The molecule has 1 N–H and O–H groups in total. The Morgan fingerprint density at radius 1 is 1.14 bits per heavy atom. The van der Waals surface area contributed by atoms with Crippen LogP contribution >= 0.6 is 23.4 Å². The number of halogens is 1. The Labute approximate surface area is 173 Å². The van der Waals surface area contributed by atoms with Gasteiger partial charge in [-0.15, -0.1) is 10.2 Å². The van der Waals surface area contributed by atoms with Crippen molar-refractivity contribution in [3.63, 3.8) is 0 Å². The maximum atomic E-state index is 12.0. The third kappa shape index (κ3) is 5.59. The van der Waals surface area contributed by atoms with Gasteiger partial charge in [0.1, 0.15) is 0 Å². The van der Waals surface area contributed by atoms with Crippen molar-refractivity contribution in [2.24, 2.45) is 0 Å². The van der Waals surface area contributed by atoms with Gasteiger partial charge in [0.15, 0.2) is 0 Å². The fourth-order valence-electron chi connectivity index (χ4n) is 2.52. The molecule has 0 saturated carbocycles. The highest BCUT2D eigenvalue weighted by Gasteiger charge is 2.15. The molecule has 146 valence electrons. The summed E-state index contributed by atoms with van der Waals surface area (Å²) in [4.78, 5) is 12.0. The first-order valence-corrected chi connectivity index (χ1v) is 10.3. The highest BCUT2D eigenvalue weighted by atomic mass is 35.5. The predicted octanol–water partition coefficient (Wildman–Crippen LogP) is 5.10. The van der Waals surface area contributed by atoms with Gasteiger partial charge in [0.05, 0.1) is 5.75 Å². The van der Waals surface area contributed by atoms with Crippen molar-refractivity contribution in [1.82, 2.24) is 15.5 Å². The second-order valence-corrected chi connectivity index (χ2v) is 8.76. The summed E-state index contributed by atoms with van der Waals surface area (Å²) in [5, 5.41) is 12.0. The summed E-state index contributed by atoms with van der Waals surface area (Å²) in [6.07, 6.45) is 0. The third-order valence-corrected chi connectivity index (χ3v) is 5.16. The highest BCUT2D eigenvalue weighted by molar-refractivity contribution is 7.99. The molecule has 0 saturated heterocycles. The highest BCUT2D eigenvalue weighted by Crippen LogP contribution is 2.27. The van der Waals surface area contributed by atoms with E-state index in [4.69, 9.17) is 16.0 Å². The molecule has 7 heteroatoms. The van der Waals surface area contributed by atoms with Crippen molar-refractivity contribution >= 4 is 29.3 Å². The SMILES string of the molecule is CC(C)(C)c1ccc(-c2nnc(SCC(=O)NCc3cccc(Cl)c3)o2)cc1. The number of thioether (sulfide) groups is 1. The quantitative estimate of drug-likeness (QED) is 0.567. The largest absolute Gasteiger partial charge is 0.411 e. The molecule has 1 amide bonds. The zero-order valence-corrected chi connectivity index (χ0v) is 17.6. The van der Waals surface area contributed by atoms with E-state index < -0.39 is 0 Å². The van der Waals surface area contributed by atoms with Crippen LogP contribution in [0.25, 0.3) is 11.5 Å². The van der Waals surface area contributed by atoms with Crippen molar-refractivity contribution in [3.05, 3.63) is 64.7 Å². The number of carbonyl (C=O) groups is 1. The van der Waals surface area contributed by atoms with Crippen LogP contribution in [0.5, 0.6) is 0 Å². The van der Waals surface area contributed by atoms with Gasteiger partial charge >= 0.3 is 0 Å². The van der Waals surface area contributed by atoms with Crippen LogP contribution in [0.3, 0.4) is 0 Å². The average molecular weight is 416 g/mol. The fraction of sp³-hybridized carbons (Fsp3) is 0.286. The summed E-state index contributed by atoms with van der Waals surface area (Å²) in [6.45, 7) is 6.93. The Kier molecular flexibility index (Phi) is 6.42. The van der Waals surface area contributed by atoms with E-state index in [9.17, 15) is 4.79 Å². The minimum absolute atomic E-state index is 0.0901. The van der Waals surface area contributed by atoms with Crippen molar-refractivity contribution < 1.29 is 9.21 Å². The zero-order chi connectivity index (χ0) is 20.1. The molecule has 1 aromatic heterocycles. The van der Waals surface area contributed by atoms with Gasteiger partial charge < -0.3 is 9.73 Å². The lowest BCUT2D eigenvalue weighted by Crippen LogP contribution is -2.24. The molecule has 0 aliphatic carbocycles. The Balaban J connectivity index is 1.52. The number of hydrogen-bond donors (Lipinski definition) is 1. The maximum absolute atomic E-state index is 12.0. The van der Waals surface area contributed by atoms with E-state index in [0.29, 0.717) is 22.7 Å². The predicted molar refractivity (Wildman–Crippen MR) is 112 cm³/mol. The molecule has 0 aliphatic heterocycles. The second-order valence-electron chi connectivity index (χ2n) is 7.40. The van der Waals surface area contributed by atoms with E-state index in [0.717, 1.165) is 11.1 Å². The second kappa shape index (κ2) is 8.80. The summed E-state index contributed by atoms with van der Waals surface area (Å²) in [6, 6.07) is 15.5. The summed E-state index contributed by atoms with van der Waals surface area (Å²) in [5.74, 6) is 0.534. The fourth-order valence-corrected chi connectivity index (χ4v) is 3.33. The molecule has 5 nitrogen and oxygen atoms in total. The number of amides is 1. The van der Waals surface area contributed by atoms with E-state index >= 15 is 0 Å². The maximum Gasteiger partial charge on any atom is 0.277 e. The Morgan fingerprint density at radius 2 is 1.89 bits per heavy atom. The van der Waals surface area contributed by atoms with Gasteiger partial charge in [-0.05, 0) is 40.8 Å². The van der Waals surface area contributed by atoms with E-state index in [2.05, 4.69) is 48.4 Å². The van der Waals surface area contributed by atoms with Gasteiger partial charge in [-0.1, -0.05) is 68.4 Å². The normalized spacial score (nSPS) is 11.4. The first-order chi connectivity index (χ1) is 13.3. The first-order valence-electron chi connectivity index (χ1n) is 8.89. The van der Waals surface area contributed by atoms with Crippen LogP contribution in [0, 0.1) is 0 Å². The lowest BCUT2D eigenvalue weighted by Gasteiger charge is -2.18. The lowest BCUT2D eigenvalue weighted by atomic mass is 9.87. The molecule has 1 heterocycles. The number of carbonyl (C=O) groups excluding carboxylic acids is 1. The molecule has 28 heavy (non-hydrogen) atoms. The topological polar surface area (TPSA) is 68.0 Å². The molecule has 0 fully saturated rings. The van der Waals surface area contributed by atoms with Crippen LogP contribution in [0.15, 0.2) is 58.2 Å². The van der Waals surface area contributed by atoms with Gasteiger partial charge in [-0.2, -0.15) is 0 Å². The average Bonchev–Trinajstić information content (AvgIpc) is 3.13. The van der Waals surface area contributed by atoms with E-state index in [1.807, 2.05) is 30.3 Å². The molecule has 0 unspecified atom stereocenters. The molecule has 2 aromatic carbocycles. The van der Waals surface area contributed by atoms with Crippen molar-refractivity contribution in [1.29, 1.82) is 0 Å². The van der Waals surface area contributed by atoms with Crippen LogP contribution in [0.4, 0.5) is 0 Å². The van der Waals surface area contributed by atoms with Crippen LogP contribution in [-0.4, -0.2) is 21.9 Å². The first kappa shape index (κ1) is 20.4. The van der Waals surface area contributed by atoms with Gasteiger partial charge in [-0.3, -0.25) is 4.79 Å². The number of aromatic nitrogens is 2. The number of nitrogens with zero attached hydrogens (tertiary/aromatic N) is 2. The lowest BCUT2D eigenvalue weighted by molar-refractivity contribution is -0.118. The van der Waals surface area contributed by atoms with Crippen molar-refractivity contribution in [2.75, 3.05) is 5.75 Å². The van der Waals surface area contributed by atoms with Gasteiger partial charge in [-0.25, -0.2) is 0 Å². The molecule has 3 aromatic rings. The molecule has 0 spiro atoms. The Hall–Kier alpha value is -2.31.